The van der Waals surface area contributed by atoms with E-state index in [2.05, 4.69) is 32.0 Å². The van der Waals surface area contributed by atoms with Crippen molar-refractivity contribution in [3.8, 4) is 0 Å². The van der Waals surface area contributed by atoms with Crippen LogP contribution in [0.1, 0.15) is 24.5 Å². The highest BCUT2D eigenvalue weighted by Gasteiger charge is 2.26. The molecule has 1 heterocycles. The minimum absolute atomic E-state index is 0.679. The van der Waals surface area contributed by atoms with E-state index < -0.39 is 0 Å². The van der Waals surface area contributed by atoms with Gasteiger partial charge in [0.05, 0.1) is 5.69 Å². The molecule has 0 aliphatic heterocycles. The monoisotopic (exact) mass is 241 g/mol. The Morgan fingerprint density at radius 3 is 2.62 bits per heavy atom. The van der Waals surface area contributed by atoms with E-state index in [1.807, 2.05) is 19.0 Å². The zero-order valence-electron chi connectivity index (χ0n) is 7.79. The molecule has 13 heavy (non-hydrogen) atoms. The molecule has 1 fully saturated rings. The maximum Gasteiger partial charge on any atom is 0.198 e. The van der Waals surface area contributed by atoms with Crippen LogP contribution in [-0.4, -0.2) is 24.1 Å². The summed E-state index contributed by atoms with van der Waals surface area (Å²) in [7, 11) is 3.98. The van der Waals surface area contributed by atoms with Gasteiger partial charge in [-0.2, -0.15) is 0 Å². The molecule has 1 aromatic rings. The number of anilines is 1. The summed E-state index contributed by atoms with van der Waals surface area (Å²) >= 11 is 3.33. The summed E-state index contributed by atoms with van der Waals surface area (Å²) in [5.74, 6) is 1.65. The number of rotatable bonds is 2. The summed E-state index contributed by atoms with van der Waals surface area (Å²) in [6.45, 7) is 0. The van der Waals surface area contributed by atoms with Crippen molar-refractivity contribution in [1.29, 1.82) is 0 Å². The average molecular weight is 242 g/mol. The van der Waals surface area contributed by atoms with E-state index in [9.17, 15) is 0 Å². The highest BCUT2D eigenvalue weighted by atomic mass is 79.9. The highest BCUT2D eigenvalue weighted by molar-refractivity contribution is 9.10. The molecule has 0 spiro atoms. The molecule has 1 saturated carbocycles. The van der Waals surface area contributed by atoms with Crippen LogP contribution in [0.4, 0.5) is 5.82 Å². The Balaban J connectivity index is 2.36. The first-order chi connectivity index (χ1) is 6.16. The van der Waals surface area contributed by atoms with Crippen LogP contribution in [0.2, 0.25) is 0 Å². The summed E-state index contributed by atoms with van der Waals surface area (Å²) in [5, 5.41) is 0. The third-order valence-corrected chi connectivity index (χ3v) is 2.51. The Morgan fingerprint density at radius 1 is 1.38 bits per heavy atom. The summed E-state index contributed by atoms with van der Waals surface area (Å²) in [6.07, 6.45) is 2.55. The number of hydrogen-bond acceptors (Lipinski definition) is 3. The lowest BCUT2D eigenvalue weighted by Crippen LogP contribution is -2.11. The standard InChI is InChI=1S/C9H12BrN3/c1-13(2)8-5-7(6-3-4-6)11-9(10)12-8/h5-6H,3-4H2,1-2H3. The zero-order valence-corrected chi connectivity index (χ0v) is 9.37. The quantitative estimate of drug-likeness (QED) is 0.744. The first kappa shape index (κ1) is 8.94. The first-order valence-electron chi connectivity index (χ1n) is 4.38. The van der Waals surface area contributed by atoms with Gasteiger partial charge in [-0.15, -0.1) is 0 Å². The minimum Gasteiger partial charge on any atom is -0.363 e. The fraction of sp³-hybridized carbons (Fsp3) is 0.556. The van der Waals surface area contributed by atoms with Gasteiger partial charge < -0.3 is 4.90 Å². The van der Waals surface area contributed by atoms with Crippen molar-refractivity contribution in [2.75, 3.05) is 19.0 Å². The summed E-state index contributed by atoms with van der Waals surface area (Å²) in [5.41, 5.74) is 1.17. The maximum absolute atomic E-state index is 4.36. The van der Waals surface area contributed by atoms with Gasteiger partial charge in [0.15, 0.2) is 4.73 Å². The predicted octanol–water partition coefficient (Wildman–Crippen LogP) is 2.18. The Morgan fingerprint density at radius 2 is 2.08 bits per heavy atom. The molecule has 4 heteroatoms. The molecule has 1 aromatic heterocycles. The van der Waals surface area contributed by atoms with Gasteiger partial charge in [0, 0.05) is 26.1 Å². The van der Waals surface area contributed by atoms with Crippen LogP contribution >= 0.6 is 15.9 Å². The van der Waals surface area contributed by atoms with E-state index in [-0.39, 0.29) is 0 Å². The molecule has 0 amide bonds. The second-order valence-electron chi connectivity index (χ2n) is 3.59. The molecule has 0 atom stereocenters. The Labute approximate surface area is 86.3 Å². The first-order valence-corrected chi connectivity index (χ1v) is 5.18. The van der Waals surface area contributed by atoms with Crippen LogP contribution in [0.15, 0.2) is 10.8 Å². The van der Waals surface area contributed by atoms with Gasteiger partial charge in [0.1, 0.15) is 5.82 Å². The normalized spacial score (nSPS) is 15.9. The van der Waals surface area contributed by atoms with E-state index in [0.29, 0.717) is 10.7 Å². The molecule has 0 radical (unpaired) electrons. The van der Waals surface area contributed by atoms with E-state index in [4.69, 9.17) is 0 Å². The van der Waals surface area contributed by atoms with Gasteiger partial charge in [0.25, 0.3) is 0 Å². The van der Waals surface area contributed by atoms with Crippen LogP contribution in [0.5, 0.6) is 0 Å². The second kappa shape index (κ2) is 3.25. The number of nitrogens with zero attached hydrogens (tertiary/aromatic N) is 3. The second-order valence-corrected chi connectivity index (χ2v) is 4.30. The van der Waals surface area contributed by atoms with Crippen molar-refractivity contribution in [3.63, 3.8) is 0 Å². The Kier molecular flexibility index (Phi) is 2.24. The number of aromatic nitrogens is 2. The molecule has 0 aromatic carbocycles. The molecule has 0 bridgehead atoms. The van der Waals surface area contributed by atoms with Gasteiger partial charge in [-0.25, -0.2) is 9.97 Å². The molecule has 0 unspecified atom stereocenters. The third kappa shape index (κ3) is 1.99. The topological polar surface area (TPSA) is 29.0 Å². The SMILES string of the molecule is CN(C)c1cc(C2CC2)nc(Br)n1. The van der Waals surface area contributed by atoms with Gasteiger partial charge in [0.2, 0.25) is 0 Å². The van der Waals surface area contributed by atoms with E-state index in [0.717, 1.165) is 5.82 Å². The molecule has 1 aliphatic rings. The summed E-state index contributed by atoms with van der Waals surface area (Å²) in [6, 6.07) is 2.07. The molecular formula is C9H12BrN3. The molecular weight excluding hydrogens is 230 g/mol. The largest absolute Gasteiger partial charge is 0.363 e. The third-order valence-electron chi connectivity index (χ3n) is 2.16. The number of halogens is 1. The van der Waals surface area contributed by atoms with Crippen LogP contribution in [0, 0.1) is 0 Å². The van der Waals surface area contributed by atoms with Crippen molar-refractivity contribution in [2.24, 2.45) is 0 Å². The zero-order chi connectivity index (χ0) is 9.42. The molecule has 1 aliphatic carbocycles. The Bertz CT molecular complexity index is 300. The predicted molar refractivity (Wildman–Crippen MR) is 56.0 cm³/mol. The van der Waals surface area contributed by atoms with Gasteiger partial charge in [-0.1, -0.05) is 0 Å². The maximum atomic E-state index is 4.36. The lowest BCUT2D eigenvalue weighted by molar-refractivity contribution is 0.936. The molecule has 3 nitrogen and oxygen atoms in total. The van der Waals surface area contributed by atoms with Gasteiger partial charge in [-0.3, -0.25) is 0 Å². The minimum atomic E-state index is 0.679. The molecule has 2 rings (SSSR count). The van der Waals surface area contributed by atoms with Crippen LogP contribution in [-0.2, 0) is 0 Å². The van der Waals surface area contributed by atoms with Crippen molar-refractivity contribution < 1.29 is 0 Å². The van der Waals surface area contributed by atoms with E-state index in [1.54, 1.807) is 0 Å². The van der Waals surface area contributed by atoms with Crippen molar-refractivity contribution in [2.45, 2.75) is 18.8 Å². The smallest absolute Gasteiger partial charge is 0.198 e. The van der Waals surface area contributed by atoms with Crippen LogP contribution in [0.3, 0.4) is 0 Å². The van der Waals surface area contributed by atoms with Crippen LogP contribution in [0.25, 0.3) is 0 Å². The van der Waals surface area contributed by atoms with Crippen molar-refractivity contribution >= 4 is 21.7 Å². The van der Waals surface area contributed by atoms with E-state index >= 15 is 0 Å². The summed E-state index contributed by atoms with van der Waals surface area (Å²) < 4.78 is 0.695. The lowest BCUT2D eigenvalue weighted by atomic mass is 10.3. The average Bonchev–Trinajstić information content (AvgIpc) is 2.85. The van der Waals surface area contributed by atoms with Gasteiger partial charge >= 0.3 is 0 Å². The van der Waals surface area contributed by atoms with Crippen molar-refractivity contribution in [3.05, 3.63) is 16.5 Å². The molecule has 70 valence electrons. The molecule has 0 saturated heterocycles. The number of hydrogen-bond donors (Lipinski definition) is 0. The van der Waals surface area contributed by atoms with Crippen molar-refractivity contribution in [1.82, 2.24) is 9.97 Å². The Hall–Kier alpha value is -0.640. The van der Waals surface area contributed by atoms with Crippen LogP contribution < -0.4 is 4.90 Å². The summed E-state index contributed by atoms with van der Waals surface area (Å²) in [4.78, 5) is 10.6. The fourth-order valence-corrected chi connectivity index (χ4v) is 1.63. The highest BCUT2D eigenvalue weighted by Crippen LogP contribution is 2.39. The van der Waals surface area contributed by atoms with Gasteiger partial charge in [-0.05, 0) is 28.8 Å². The molecule has 0 N–H and O–H groups in total. The fourth-order valence-electron chi connectivity index (χ4n) is 1.24. The lowest BCUT2D eigenvalue weighted by Gasteiger charge is -2.12. The van der Waals surface area contributed by atoms with E-state index in [1.165, 1.54) is 18.5 Å².